The maximum atomic E-state index is 12.2. The van der Waals surface area contributed by atoms with Crippen LogP contribution in [0.2, 0.25) is 0 Å². The number of carbonyl (C=O) groups excluding carboxylic acids is 3. The summed E-state index contributed by atoms with van der Waals surface area (Å²) in [5.41, 5.74) is 14.4. The zero-order valence-electron chi connectivity index (χ0n) is 50.3. The SMILES string of the molecule is C=CC(=O)N1CCN(c2nc(OC[C@@H]3CCCN3C)nc3c2CCN(c2c(C)c(C)cc4[nH]ncc24)C3)CC1.C=CC(=O)OC(=O)C=C.Cc1cc2[nH]ncc2c(N2CCc3c(nc(OC[C@@H]4CCCN4C)nc3N3CCCCC3)C2)c1C.S.S. The largest absolute Gasteiger partial charge is 0.462 e. The van der Waals surface area contributed by atoms with Crippen LogP contribution < -0.4 is 29.1 Å². The second kappa shape index (κ2) is 28.8. The van der Waals surface area contributed by atoms with E-state index in [2.05, 4.69) is 128 Å². The molecular formula is C62H85N15O6S2. The molecule has 85 heavy (non-hydrogen) atoms. The van der Waals surface area contributed by atoms with Crippen LogP contribution in [-0.2, 0) is 45.1 Å². The summed E-state index contributed by atoms with van der Waals surface area (Å²) in [4.78, 5) is 68.7. The molecule has 2 atom stereocenters. The normalized spacial score (nSPS) is 18.6. The lowest BCUT2D eigenvalue weighted by atomic mass is 9.99. The minimum atomic E-state index is -0.764. The zero-order valence-corrected chi connectivity index (χ0v) is 52.3. The van der Waals surface area contributed by atoms with Gasteiger partial charge in [-0.15, -0.1) is 0 Å². The fraction of sp³-hybridized carbons (Fsp3) is 0.500. The summed E-state index contributed by atoms with van der Waals surface area (Å²) in [7, 11) is 4.34. The lowest BCUT2D eigenvalue weighted by Gasteiger charge is -2.38. The minimum absolute atomic E-state index is 0. The van der Waals surface area contributed by atoms with Gasteiger partial charge in [-0.2, -0.15) is 57.1 Å². The Balaban J connectivity index is 0.000000190. The van der Waals surface area contributed by atoms with Gasteiger partial charge in [0.25, 0.3) is 0 Å². The summed E-state index contributed by atoms with van der Waals surface area (Å²) in [6.07, 6.45) is 17.4. The summed E-state index contributed by atoms with van der Waals surface area (Å²) >= 11 is 0. The number of nitrogens with zero attached hydrogens (tertiary/aromatic N) is 13. The number of anilines is 4. The number of aromatic amines is 2. The van der Waals surface area contributed by atoms with E-state index in [1.807, 2.05) is 17.3 Å². The van der Waals surface area contributed by atoms with Crippen molar-refractivity contribution in [3.8, 4) is 12.0 Å². The number of likely N-dealkylation sites (tertiary alicyclic amines) is 2. The number of ether oxygens (including phenoxy) is 3. The first-order valence-corrected chi connectivity index (χ1v) is 29.5. The standard InChI is InChI=1S/C29H38N8O2.C27H37N7O.C6H6O3.2H2S/c1-5-26(38)35-11-13-36(14-12-35)28-22-8-10-37(27-20(3)19(2)15-24-23(27)16-30-33-24)17-25(22)31-29(32-28)39-18-21-7-6-9-34(21)4;1-18-14-23-22(15-28-31-23)25(19(18)2)34-13-9-21-24(16-34)29-27(35-17-20-8-7-10-32(20)3)30-26(21)33-11-5-4-6-12-33;1-3-5(7)9-6(8)4-2;;/h5,15-16,21H,1,6-14,17-18H2,2-4H3,(H,30,33);14-15,20H,4-13,16-17H2,1-3H3,(H,28,31);3-4H,1-2H2;2*1H2/t21-;20-;;;/m00.../s1. The van der Waals surface area contributed by atoms with Crippen LogP contribution in [0, 0.1) is 27.7 Å². The Kier molecular flexibility index (Phi) is 21.6. The van der Waals surface area contributed by atoms with Gasteiger partial charge in [0.1, 0.15) is 24.8 Å². The molecular weight excluding hydrogens is 1110 g/mol. The maximum Gasteiger partial charge on any atom is 0.338 e. The number of amides is 1. The summed E-state index contributed by atoms with van der Waals surface area (Å²) in [5.74, 6) is 0.520. The van der Waals surface area contributed by atoms with Crippen LogP contribution in [0.4, 0.5) is 23.0 Å². The third-order valence-corrected chi connectivity index (χ3v) is 17.5. The molecule has 4 aromatic heterocycles. The minimum Gasteiger partial charge on any atom is -0.462 e. The first-order chi connectivity index (χ1) is 40.2. The number of esters is 2. The van der Waals surface area contributed by atoms with Crippen LogP contribution in [0.15, 0.2) is 62.5 Å². The molecule has 10 heterocycles. The van der Waals surface area contributed by atoms with Gasteiger partial charge in [-0.05, 0) is 153 Å². The van der Waals surface area contributed by atoms with E-state index in [9.17, 15) is 14.4 Å². The zero-order chi connectivity index (χ0) is 58.3. The third-order valence-electron chi connectivity index (χ3n) is 17.5. The number of rotatable bonds is 13. The molecule has 0 bridgehead atoms. The number of H-pyrrole nitrogens is 2. The topological polar surface area (TPSA) is 211 Å². The van der Waals surface area contributed by atoms with E-state index in [1.54, 1.807) is 0 Å². The number of aryl methyl sites for hydroxylation is 2. The summed E-state index contributed by atoms with van der Waals surface area (Å²) < 4.78 is 16.6. The van der Waals surface area contributed by atoms with Gasteiger partial charge < -0.3 is 48.5 Å². The van der Waals surface area contributed by atoms with E-state index in [4.69, 9.17) is 29.4 Å². The van der Waals surface area contributed by atoms with Gasteiger partial charge in [0, 0.05) is 98.5 Å². The van der Waals surface area contributed by atoms with Crippen molar-refractivity contribution < 1.29 is 28.6 Å². The number of nitrogens with one attached hydrogen (secondary N) is 2. The molecule has 2 aromatic carbocycles. The molecule has 4 fully saturated rings. The Morgan fingerprint density at radius 2 is 1.01 bits per heavy atom. The number of likely N-dealkylation sites (N-methyl/N-ethyl adjacent to an activating group) is 2. The van der Waals surface area contributed by atoms with Gasteiger partial charge >= 0.3 is 24.0 Å². The first kappa shape index (κ1) is 63.8. The average molecular weight is 1200 g/mol. The van der Waals surface area contributed by atoms with E-state index in [0.717, 1.165) is 130 Å². The van der Waals surface area contributed by atoms with Crippen molar-refractivity contribution in [1.29, 1.82) is 0 Å². The molecule has 0 radical (unpaired) electrons. The predicted octanol–water partition coefficient (Wildman–Crippen LogP) is 7.49. The van der Waals surface area contributed by atoms with Crippen molar-refractivity contribution in [2.75, 3.05) is 112 Å². The number of fused-ring (bicyclic) bond motifs is 4. The number of aromatic nitrogens is 8. The van der Waals surface area contributed by atoms with E-state index in [-0.39, 0.29) is 32.9 Å². The molecule has 4 saturated heterocycles. The van der Waals surface area contributed by atoms with Gasteiger partial charge in [0.15, 0.2) is 0 Å². The monoisotopic (exact) mass is 1200 g/mol. The number of carbonyl (C=O) groups is 3. The van der Waals surface area contributed by atoms with Gasteiger partial charge in [0.2, 0.25) is 5.91 Å². The van der Waals surface area contributed by atoms with Crippen LogP contribution in [0.3, 0.4) is 0 Å². The third kappa shape index (κ3) is 14.4. The highest BCUT2D eigenvalue weighted by Gasteiger charge is 2.33. The van der Waals surface area contributed by atoms with Gasteiger partial charge in [-0.1, -0.05) is 19.7 Å². The number of benzene rings is 2. The molecule has 2 N–H and O–H groups in total. The van der Waals surface area contributed by atoms with Gasteiger partial charge in [0.05, 0.1) is 59.3 Å². The van der Waals surface area contributed by atoms with E-state index < -0.39 is 11.9 Å². The highest BCUT2D eigenvalue weighted by molar-refractivity contribution is 7.59. The Morgan fingerprint density at radius 1 is 0.565 bits per heavy atom. The lowest BCUT2D eigenvalue weighted by molar-refractivity contribution is -0.152. The van der Waals surface area contributed by atoms with Gasteiger partial charge in [-0.3, -0.25) is 15.0 Å². The number of piperidine rings is 1. The van der Waals surface area contributed by atoms with Gasteiger partial charge in [-0.25, -0.2) is 9.59 Å². The molecule has 1 amide bonds. The van der Waals surface area contributed by atoms with Crippen LogP contribution >= 0.6 is 27.0 Å². The average Bonchev–Trinajstić information content (AvgIpc) is 3.88. The highest BCUT2D eigenvalue weighted by atomic mass is 32.1. The summed E-state index contributed by atoms with van der Waals surface area (Å²) in [6.45, 7) is 30.2. The van der Waals surface area contributed by atoms with Crippen molar-refractivity contribution in [3.63, 3.8) is 0 Å². The molecule has 6 aromatic rings. The Bertz CT molecular complexity index is 3360. The Labute approximate surface area is 513 Å². The second-order valence-electron chi connectivity index (χ2n) is 22.7. The van der Waals surface area contributed by atoms with E-state index >= 15 is 0 Å². The van der Waals surface area contributed by atoms with Crippen molar-refractivity contribution >= 4 is 89.7 Å². The fourth-order valence-electron chi connectivity index (χ4n) is 12.5. The fourth-order valence-corrected chi connectivity index (χ4v) is 12.5. The number of piperazine rings is 1. The summed E-state index contributed by atoms with van der Waals surface area (Å²) in [6, 6.07) is 6.20. The first-order valence-electron chi connectivity index (χ1n) is 29.5. The van der Waals surface area contributed by atoms with Crippen molar-refractivity contribution in [1.82, 2.24) is 55.0 Å². The van der Waals surface area contributed by atoms with Crippen molar-refractivity contribution in [2.45, 2.75) is 111 Å². The van der Waals surface area contributed by atoms with E-state index in [1.165, 1.54) is 94.7 Å². The molecule has 0 aliphatic carbocycles. The predicted molar refractivity (Wildman–Crippen MR) is 344 cm³/mol. The highest BCUT2D eigenvalue weighted by Crippen LogP contribution is 2.39. The quantitative estimate of drug-likeness (QED) is 0.0652. The molecule has 23 heteroatoms. The summed E-state index contributed by atoms with van der Waals surface area (Å²) in [5, 5.41) is 17.3. The molecule has 0 saturated carbocycles. The molecule has 6 aliphatic rings. The Hall–Kier alpha value is -7.21. The van der Waals surface area contributed by atoms with Crippen molar-refractivity contribution in [2.24, 2.45) is 0 Å². The maximum absolute atomic E-state index is 12.2. The van der Waals surface area contributed by atoms with Crippen molar-refractivity contribution in [3.05, 3.63) is 107 Å². The van der Waals surface area contributed by atoms with Crippen LogP contribution in [-0.4, -0.2) is 178 Å². The molecule has 456 valence electrons. The smallest absolute Gasteiger partial charge is 0.338 e. The molecule has 0 unspecified atom stereocenters. The molecule has 0 spiro atoms. The lowest BCUT2D eigenvalue weighted by Crippen LogP contribution is -2.49. The number of hydrogen-bond donors (Lipinski definition) is 2. The second-order valence-corrected chi connectivity index (χ2v) is 22.7. The molecule has 6 aliphatic heterocycles. The molecule has 12 rings (SSSR count). The Morgan fingerprint density at radius 3 is 1.42 bits per heavy atom. The molecule has 21 nitrogen and oxygen atoms in total. The van der Waals surface area contributed by atoms with E-state index in [0.29, 0.717) is 57.0 Å². The van der Waals surface area contributed by atoms with Crippen LogP contribution in [0.25, 0.3) is 21.8 Å². The van der Waals surface area contributed by atoms with Crippen LogP contribution in [0.1, 0.15) is 89.7 Å². The number of hydrogen-bond acceptors (Lipinski definition) is 18. The van der Waals surface area contributed by atoms with Crippen LogP contribution in [0.5, 0.6) is 12.0 Å².